The van der Waals surface area contributed by atoms with Crippen molar-refractivity contribution in [1.29, 1.82) is 0 Å². The van der Waals surface area contributed by atoms with E-state index in [1.807, 2.05) is 24.3 Å². The van der Waals surface area contributed by atoms with Crippen LogP contribution in [0.1, 0.15) is 15.9 Å². The SMILES string of the molecule is O=C1CC(I)c2ccccc2O1. The van der Waals surface area contributed by atoms with Gasteiger partial charge in [-0.2, -0.15) is 0 Å². The molecule has 0 saturated carbocycles. The Morgan fingerprint density at radius 3 is 3.00 bits per heavy atom. The molecule has 0 aliphatic carbocycles. The maximum atomic E-state index is 11.0. The topological polar surface area (TPSA) is 26.3 Å². The number of para-hydroxylation sites is 1. The van der Waals surface area contributed by atoms with Gasteiger partial charge in [0.25, 0.3) is 0 Å². The quantitative estimate of drug-likeness (QED) is 0.314. The highest BCUT2D eigenvalue weighted by atomic mass is 127. The van der Waals surface area contributed by atoms with Crippen LogP contribution in [-0.4, -0.2) is 5.97 Å². The molecule has 2 nitrogen and oxygen atoms in total. The number of halogens is 1. The van der Waals surface area contributed by atoms with Crippen molar-refractivity contribution in [2.24, 2.45) is 0 Å². The van der Waals surface area contributed by atoms with Crippen molar-refractivity contribution in [2.45, 2.75) is 10.3 Å². The lowest BCUT2D eigenvalue weighted by molar-refractivity contribution is -0.135. The Hall–Kier alpha value is -0.580. The number of esters is 1. The van der Waals surface area contributed by atoms with E-state index in [0.717, 1.165) is 5.56 Å². The van der Waals surface area contributed by atoms with Crippen molar-refractivity contribution in [3.8, 4) is 5.75 Å². The summed E-state index contributed by atoms with van der Waals surface area (Å²) in [4.78, 5) is 11.0. The molecule has 2 rings (SSSR count). The fourth-order valence-corrected chi connectivity index (χ4v) is 2.13. The summed E-state index contributed by atoms with van der Waals surface area (Å²) in [5, 5.41) is 0. The minimum Gasteiger partial charge on any atom is -0.426 e. The number of carbonyl (C=O) groups is 1. The van der Waals surface area contributed by atoms with Crippen LogP contribution >= 0.6 is 22.6 Å². The van der Waals surface area contributed by atoms with Gasteiger partial charge in [0.2, 0.25) is 0 Å². The molecule has 12 heavy (non-hydrogen) atoms. The van der Waals surface area contributed by atoms with Gasteiger partial charge in [-0.1, -0.05) is 40.8 Å². The zero-order valence-electron chi connectivity index (χ0n) is 6.29. The van der Waals surface area contributed by atoms with Crippen LogP contribution in [-0.2, 0) is 4.79 Å². The van der Waals surface area contributed by atoms with Gasteiger partial charge in [-0.25, -0.2) is 0 Å². The predicted octanol–water partition coefficient (Wildman–Crippen LogP) is 2.47. The van der Waals surface area contributed by atoms with Gasteiger partial charge in [0.1, 0.15) is 5.75 Å². The Bertz CT molecular complexity index is 322. The van der Waals surface area contributed by atoms with E-state index < -0.39 is 0 Å². The summed E-state index contributed by atoms with van der Waals surface area (Å²) in [6.45, 7) is 0. The average molecular weight is 274 g/mol. The average Bonchev–Trinajstić information content (AvgIpc) is 2.04. The normalized spacial score (nSPS) is 21.4. The van der Waals surface area contributed by atoms with Crippen molar-refractivity contribution < 1.29 is 9.53 Å². The summed E-state index contributed by atoms with van der Waals surface area (Å²) in [5.41, 5.74) is 1.12. The maximum absolute atomic E-state index is 11.0. The van der Waals surface area contributed by atoms with E-state index in [0.29, 0.717) is 12.2 Å². The second kappa shape index (κ2) is 3.05. The summed E-state index contributed by atoms with van der Waals surface area (Å²) >= 11 is 2.26. The molecule has 0 aromatic heterocycles. The Labute approximate surface area is 84.1 Å². The van der Waals surface area contributed by atoms with Crippen molar-refractivity contribution >= 4 is 28.6 Å². The molecule has 0 amide bonds. The number of carbonyl (C=O) groups excluding carboxylic acids is 1. The van der Waals surface area contributed by atoms with Crippen molar-refractivity contribution in [3.63, 3.8) is 0 Å². The second-order valence-corrected chi connectivity index (χ2v) is 4.19. The highest BCUT2D eigenvalue weighted by Gasteiger charge is 2.23. The number of alkyl halides is 1. The molecule has 1 aromatic carbocycles. The van der Waals surface area contributed by atoms with E-state index in [1.165, 1.54) is 0 Å². The van der Waals surface area contributed by atoms with Crippen LogP contribution in [0.2, 0.25) is 0 Å². The lowest BCUT2D eigenvalue weighted by Crippen LogP contribution is -2.16. The molecule has 62 valence electrons. The largest absolute Gasteiger partial charge is 0.426 e. The zero-order valence-corrected chi connectivity index (χ0v) is 8.45. The van der Waals surface area contributed by atoms with Gasteiger partial charge >= 0.3 is 5.97 Å². The first kappa shape index (κ1) is 8.04. The third kappa shape index (κ3) is 1.33. The number of benzene rings is 1. The van der Waals surface area contributed by atoms with Gasteiger partial charge in [-0.15, -0.1) is 0 Å². The molecule has 0 bridgehead atoms. The van der Waals surface area contributed by atoms with E-state index in [2.05, 4.69) is 22.6 Å². The summed E-state index contributed by atoms with van der Waals surface area (Å²) < 4.78 is 5.32. The predicted molar refractivity (Wildman–Crippen MR) is 53.5 cm³/mol. The number of fused-ring (bicyclic) bond motifs is 1. The molecule has 1 atom stereocenters. The number of hydrogen-bond acceptors (Lipinski definition) is 2. The summed E-state index contributed by atoms with van der Waals surface area (Å²) in [7, 11) is 0. The fourth-order valence-electron chi connectivity index (χ4n) is 1.25. The van der Waals surface area contributed by atoms with Crippen LogP contribution < -0.4 is 4.74 Å². The van der Waals surface area contributed by atoms with Gasteiger partial charge in [-0.3, -0.25) is 4.79 Å². The first-order valence-electron chi connectivity index (χ1n) is 3.71. The standard InChI is InChI=1S/C9H7IO2/c10-7-5-9(11)12-8-4-2-1-3-6(7)8/h1-4,7H,5H2. The Morgan fingerprint density at radius 2 is 2.17 bits per heavy atom. The molecule has 0 N–H and O–H groups in total. The van der Waals surface area contributed by atoms with Gasteiger partial charge in [0.15, 0.2) is 0 Å². The van der Waals surface area contributed by atoms with Crippen LogP contribution in [0, 0.1) is 0 Å². The van der Waals surface area contributed by atoms with E-state index in [-0.39, 0.29) is 9.89 Å². The Kier molecular flexibility index (Phi) is 2.04. The van der Waals surface area contributed by atoms with E-state index in [1.54, 1.807) is 0 Å². The molecule has 1 aliphatic rings. The van der Waals surface area contributed by atoms with E-state index in [9.17, 15) is 4.79 Å². The molecule has 3 heteroatoms. The number of rotatable bonds is 0. The van der Waals surface area contributed by atoms with Gasteiger partial charge in [-0.05, 0) is 6.07 Å². The maximum Gasteiger partial charge on any atom is 0.312 e. The molecule has 1 heterocycles. The van der Waals surface area contributed by atoms with E-state index >= 15 is 0 Å². The number of hydrogen-bond donors (Lipinski definition) is 0. The first-order valence-corrected chi connectivity index (χ1v) is 4.95. The third-order valence-corrected chi connectivity index (χ3v) is 2.94. The molecule has 1 aliphatic heterocycles. The lowest BCUT2D eigenvalue weighted by atomic mass is 10.1. The Morgan fingerprint density at radius 1 is 1.42 bits per heavy atom. The highest BCUT2D eigenvalue weighted by Crippen LogP contribution is 2.37. The second-order valence-electron chi connectivity index (χ2n) is 2.68. The van der Waals surface area contributed by atoms with Crippen LogP contribution in [0.3, 0.4) is 0 Å². The highest BCUT2D eigenvalue weighted by molar-refractivity contribution is 14.1. The summed E-state index contributed by atoms with van der Waals surface area (Å²) in [5.74, 6) is 0.584. The van der Waals surface area contributed by atoms with Crippen LogP contribution in [0.4, 0.5) is 0 Å². The summed E-state index contributed by atoms with van der Waals surface area (Å²) in [6.07, 6.45) is 0.484. The van der Waals surface area contributed by atoms with Crippen molar-refractivity contribution in [1.82, 2.24) is 0 Å². The van der Waals surface area contributed by atoms with Crippen LogP contribution in [0.15, 0.2) is 24.3 Å². The zero-order chi connectivity index (χ0) is 8.55. The monoisotopic (exact) mass is 274 g/mol. The van der Waals surface area contributed by atoms with Crippen LogP contribution in [0.5, 0.6) is 5.75 Å². The molecule has 1 unspecified atom stereocenters. The molecule has 0 radical (unpaired) electrons. The fraction of sp³-hybridized carbons (Fsp3) is 0.222. The third-order valence-electron chi connectivity index (χ3n) is 1.83. The van der Waals surface area contributed by atoms with Crippen molar-refractivity contribution in [3.05, 3.63) is 29.8 Å². The molecule has 1 aromatic rings. The van der Waals surface area contributed by atoms with Gasteiger partial charge in [0, 0.05) is 5.56 Å². The Balaban J connectivity index is 2.47. The number of ether oxygens (including phenoxy) is 1. The van der Waals surface area contributed by atoms with Crippen molar-refractivity contribution in [2.75, 3.05) is 0 Å². The molecule has 0 saturated heterocycles. The molecule has 0 spiro atoms. The van der Waals surface area contributed by atoms with Gasteiger partial charge < -0.3 is 4.74 Å². The molecular formula is C9H7IO2. The first-order chi connectivity index (χ1) is 5.77. The van der Waals surface area contributed by atoms with Crippen LogP contribution in [0.25, 0.3) is 0 Å². The molecule has 0 fully saturated rings. The summed E-state index contributed by atoms with van der Waals surface area (Å²) in [6, 6.07) is 7.67. The minimum absolute atomic E-state index is 0.131. The van der Waals surface area contributed by atoms with Gasteiger partial charge in [0.05, 0.1) is 10.3 Å². The van der Waals surface area contributed by atoms with E-state index in [4.69, 9.17) is 4.74 Å². The molecular weight excluding hydrogens is 267 g/mol. The lowest BCUT2D eigenvalue weighted by Gasteiger charge is -2.19. The smallest absolute Gasteiger partial charge is 0.312 e. The minimum atomic E-state index is -0.131.